The van der Waals surface area contributed by atoms with Crippen LogP contribution in [0.25, 0.3) is 10.6 Å². The largest absolute Gasteiger partial charge is 0.255 e. The maximum atomic E-state index is 4.45. The standard InChI is InChI=1S/C12H13NS/c1-2-4-10-6-7-11(13-9-10)12-5-3-8-14-12/h3,5-9H,2,4H2,1H3. The van der Waals surface area contributed by atoms with Crippen LogP contribution in [0.4, 0.5) is 0 Å². The van der Waals surface area contributed by atoms with Crippen molar-refractivity contribution in [3.8, 4) is 10.6 Å². The first-order valence-electron chi connectivity index (χ1n) is 4.89. The zero-order chi connectivity index (χ0) is 9.80. The lowest BCUT2D eigenvalue weighted by atomic mass is 10.1. The summed E-state index contributed by atoms with van der Waals surface area (Å²) in [4.78, 5) is 5.69. The van der Waals surface area contributed by atoms with Crippen molar-refractivity contribution in [2.24, 2.45) is 0 Å². The van der Waals surface area contributed by atoms with Crippen molar-refractivity contribution in [1.82, 2.24) is 4.98 Å². The predicted octanol–water partition coefficient (Wildman–Crippen LogP) is 3.76. The summed E-state index contributed by atoms with van der Waals surface area (Å²) in [6, 6.07) is 8.44. The van der Waals surface area contributed by atoms with Gasteiger partial charge in [-0.15, -0.1) is 11.3 Å². The van der Waals surface area contributed by atoms with Crippen molar-refractivity contribution in [2.75, 3.05) is 0 Å². The molecule has 2 heterocycles. The Hall–Kier alpha value is -1.15. The van der Waals surface area contributed by atoms with Gasteiger partial charge >= 0.3 is 0 Å². The molecule has 0 aromatic carbocycles. The van der Waals surface area contributed by atoms with Gasteiger partial charge in [0.05, 0.1) is 10.6 Å². The summed E-state index contributed by atoms with van der Waals surface area (Å²) in [5.74, 6) is 0. The highest BCUT2D eigenvalue weighted by atomic mass is 32.1. The van der Waals surface area contributed by atoms with Gasteiger partial charge in [0.2, 0.25) is 0 Å². The number of hydrogen-bond acceptors (Lipinski definition) is 2. The first-order chi connectivity index (χ1) is 6.90. The van der Waals surface area contributed by atoms with Crippen LogP contribution in [0.2, 0.25) is 0 Å². The van der Waals surface area contributed by atoms with Crippen LogP contribution in [0.1, 0.15) is 18.9 Å². The van der Waals surface area contributed by atoms with Gasteiger partial charge in [0.25, 0.3) is 0 Å². The van der Waals surface area contributed by atoms with Crippen LogP contribution in [0.3, 0.4) is 0 Å². The molecule has 0 aliphatic rings. The Morgan fingerprint density at radius 2 is 2.21 bits per heavy atom. The number of nitrogens with zero attached hydrogens (tertiary/aromatic N) is 1. The number of aromatic nitrogens is 1. The summed E-state index contributed by atoms with van der Waals surface area (Å²) in [7, 11) is 0. The fraction of sp³-hybridized carbons (Fsp3) is 0.250. The van der Waals surface area contributed by atoms with E-state index in [-0.39, 0.29) is 0 Å². The summed E-state index contributed by atoms with van der Waals surface area (Å²) in [6.45, 7) is 2.19. The molecule has 0 atom stereocenters. The molecule has 2 aromatic heterocycles. The number of thiophene rings is 1. The van der Waals surface area contributed by atoms with Crippen molar-refractivity contribution >= 4 is 11.3 Å². The lowest BCUT2D eigenvalue weighted by molar-refractivity contribution is 0.914. The molecule has 0 bridgehead atoms. The number of rotatable bonds is 3. The Morgan fingerprint density at radius 1 is 1.29 bits per heavy atom. The van der Waals surface area contributed by atoms with Crippen molar-refractivity contribution < 1.29 is 0 Å². The molecule has 1 nitrogen and oxygen atoms in total. The van der Waals surface area contributed by atoms with Crippen LogP contribution in [0.15, 0.2) is 35.8 Å². The average Bonchev–Trinajstić information content (AvgIpc) is 2.72. The minimum atomic E-state index is 1.08. The second-order valence-corrected chi connectivity index (χ2v) is 4.23. The summed E-state index contributed by atoms with van der Waals surface area (Å²) < 4.78 is 0. The Kier molecular flexibility index (Phi) is 2.94. The van der Waals surface area contributed by atoms with Crippen LogP contribution in [-0.2, 0) is 6.42 Å². The lowest BCUT2D eigenvalue weighted by Gasteiger charge is -1.99. The fourth-order valence-corrected chi connectivity index (χ4v) is 2.13. The lowest BCUT2D eigenvalue weighted by Crippen LogP contribution is -1.86. The smallest absolute Gasteiger partial charge is 0.0801 e. The third-order valence-electron chi connectivity index (χ3n) is 2.14. The molecular formula is C12H13NS. The van der Waals surface area contributed by atoms with Gasteiger partial charge < -0.3 is 0 Å². The van der Waals surface area contributed by atoms with Gasteiger partial charge in [-0.05, 0) is 29.5 Å². The second-order valence-electron chi connectivity index (χ2n) is 3.28. The number of aryl methyl sites for hydroxylation is 1. The minimum Gasteiger partial charge on any atom is -0.255 e. The van der Waals surface area contributed by atoms with Crippen LogP contribution in [-0.4, -0.2) is 4.98 Å². The Labute approximate surface area is 88.4 Å². The monoisotopic (exact) mass is 203 g/mol. The van der Waals surface area contributed by atoms with Gasteiger partial charge in [-0.1, -0.05) is 25.5 Å². The van der Waals surface area contributed by atoms with E-state index in [1.165, 1.54) is 16.9 Å². The molecule has 2 aromatic rings. The third-order valence-corrected chi connectivity index (χ3v) is 3.03. The maximum absolute atomic E-state index is 4.45. The first-order valence-corrected chi connectivity index (χ1v) is 5.77. The van der Waals surface area contributed by atoms with E-state index in [2.05, 4.69) is 41.6 Å². The quantitative estimate of drug-likeness (QED) is 0.740. The highest BCUT2D eigenvalue weighted by Gasteiger charge is 1.99. The molecule has 0 saturated carbocycles. The Bertz CT molecular complexity index is 375. The van der Waals surface area contributed by atoms with Gasteiger partial charge in [-0.25, -0.2) is 0 Å². The summed E-state index contributed by atoms with van der Waals surface area (Å²) in [5, 5.41) is 2.08. The molecular weight excluding hydrogens is 190 g/mol. The van der Waals surface area contributed by atoms with E-state index >= 15 is 0 Å². The SMILES string of the molecule is CCCc1ccc(-c2cccs2)nc1. The van der Waals surface area contributed by atoms with Gasteiger partial charge in [-0.2, -0.15) is 0 Å². The van der Waals surface area contributed by atoms with E-state index < -0.39 is 0 Å². The molecule has 0 N–H and O–H groups in total. The minimum absolute atomic E-state index is 1.08. The molecule has 14 heavy (non-hydrogen) atoms. The van der Waals surface area contributed by atoms with E-state index in [4.69, 9.17) is 0 Å². The Balaban J connectivity index is 2.22. The second kappa shape index (κ2) is 4.38. The maximum Gasteiger partial charge on any atom is 0.0801 e. The molecule has 72 valence electrons. The van der Waals surface area contributed by atoms with Gasteiger partial charge in [0.15, 0.2) is 0 Å². The molecule has 0 aliphatic carbocycles. The first kappa shape index (κ1) is 9.41. The highest BCUT2D eigenvalue weighted by Crippen LogP contribution is 2.22. The van der Waals surface area contributed by atoms with Gasteiger partial charge in [0, 0.05) is 6.20 Å². The molecule has 0 fully saturated rings. The van der Waals surface area contributed by atoms with Crippen LogP contribution in [0.5, 0.6) is 0 Å². The third kappa shape index (κ3) is 2.02. The molecule has 2 rings (SSSR count). The van der Waals surface area contributed by atoms with Crippen molar-refractivity contribution in [3.63, 3.8) is 0 Å². The van der Waals surface area contributed by atoms with Gasteiger partial charge in [-0.3, -0.25) is 4.98 Å². The highest BCUT2D eigenvalue weighted by molar-refractivity contribution is 7.13. The van der Waals surface area contributed by atoms with Crippen molar-refractivity contribution in [3.05, 3.63) is 41.4 Å². The molecule has 0 amide bonds. The van der Waals surface area contributed by atoms with E-state index in [9.17, 15) is 0 Å². The zero-order valence-electron chi connectivity index (χ0n) is 8.23. The predicted molar refractivity (Wildman–Crippen MR) is 61.5 cm³/mol. The molecule has 2 heteroatoms. The Morgan fingerprint density at radius 3 is 2.79 bits per heavy atom. The van der Waals surface area contributed by atoms with Crippen molar-refractivity contribution in [2.45, 2.75) is 19.8 Å². The molecule has 0 saturated heterocycles. The normalized spacial score (nSPS) is 10.4. The van der Waals surface area contributed by atoms with E-state index in [0.717, 1.165) is 12.1 Å². The summed E-state index contributed by atoms with van der Waals surface area (Å²) >= 11 is 1.73. The summed E-state index contributed by atoms with van der Waals surface area (Å²) in [5.41, 5.74) is 2.41. The van der Waals surface area contributed by atoms with Crippen LogP contribution >= 0.6 is 11.3 Å². The van der Waals surface area contributed by atoms with E-state index in [0.29, 0.717) is 0 Å². The van der Waals surface area contributed by atoms with E-state index in [1.54, 1.807) is 11.3 Å². The van der Waals surface area contributed by atoms with Gasteiger partial charge in [0.1, 0.15) is 0 Å². The van der Waals surface area contributed by atoms with Crippen molar-refractivity contribution in [1.29, 1.82) is 0 Å². The molecule has 0 radical (unpaired) electrons. The topological polar surface area (TPSA) is 12.9 Å². The number of hydrogen-bond donors (Lipinski definition) is 0. The van der Waals surface area contributed by atoms with Crippen LogP contribution < -0.4 is 0 Å². The molecule has 0 aliphatic heterocycles. The fourth-order valence-electron chi connectivity index (χ4n) is 1.43. The number of pyridine rings is 1. The average molecular weight is 203 g/mol. The van der Waals surface area contributed by atoms with Crippen LogP contribution in [0, 0.1) is 0 Å². The molecule has 0 unspecified atom stereocenters. The van der Waals surface area contributed by atoms with E-state index in [1.807, 2.05) is 6.20 Å². The molecule has 0 spiro atoms. The summed E-state index contributed by atoms with van der Waals surface area (Å²) in [6.07, 6.45) is 4.29. The zero-order valence-corrected chi connectivity index (χ0v) is 9.05.